The molecule has 0 saturated carbocycles. The smallest absolute Gasteiger partial charge is 0.229 e. The van der Waals surface area contributed by atoms with Gasteiger partial charge in [-0.25, -0.2) is 4.68 Å². The van der Waals surface area contributed by atoms with Gasteiger partial charge in [0, 0.05) is 12.3 Å². The standard InChI is InChI=1S/C16H18N4O2/c21-16(8-14-5-3-7-22-14)19-11-13-9-17-18-20(13)10-12-4-1-2-6-15(12)19/h1-2,4,6,9,14H,3,5,7-8,10-11H2. The average Bonchev–Trinajstić information content (AvgIpc) is 3.15. The Bertz CT molecular complexity index is 691. The number of ether oxygens (including phenoxy) is 1. The summed E-state index contributed by atoms with van der Waals surface area (Å²) in [4.78, 5) is 14.6. The van der Waals surface area contributed by atoms with Crippen molar-refractivity contribution in [2.24, 2.45) is 0 Å². The van der Waals surface area contributed by atoms with Gasteiger partial charge in [-0.2, -0.15) is 0 Å². The van der Waals surface area contributed by atoms with Crippen molar-refractivity contribution in [3.05, 3.63) is 41.7 Å². The molecule has 4 rings (SSSR count). The van der Waals surface area contributed by atoms with Gasteiger partial charge in [-0.1, -0.05) is 23.4 Å². The second kappa shape index (κ2) is 5.53. The van der Waals surface area contributed by atoms with Crippen LogP contribution in [0.5, 0.6) is 0 Å². The molecule has 0 bridgehead atoms. The van der Waals surface area contributed by atoms with Crippen molar-refractivity contribution in [2.45, 2.75) is 38.5 Å². The Morgan fingerprint density at radius 2 is 2.23 bits per heavy atom. The highest BCUT2D eigenvalue weighted by Crippen LogP contribution is 2.28. The molecule has 2 aliphatic rings. The van der Waals surface area contributed by atoms with E-state index >= 15 is 0 Å². The zero-order valence-electron chi connectivity index (χ0n) is 12.3. The summed E-state index contributed by atoms with van der Waals surface area (Å²) in [5.74, 6) is 0.106. The molecule has 0 radical (unpaired) electrons. The van der Waals surface area contributed by atoms with Crippen LogP contribution in [0.25, 0.3) is 0 Å². The summed E-state index contributed by atoms with van der Waals surface area (Å²) in [5.41, 5.74) is 3.01. The van der Waals surface area contributed by atoms with Gasteiger partial charge < -0.3 is 9.64 Å². The van der Waals surface area contributed by atoms with Crippen molar-refractivity contribution in [3.63, 3.8) is 0 Å². The second-order valence-electron chi connectivity index (χ2n) is 5.83. The molecule has 1 saturated heterocycles. The van der Waals surface area contributed by atoms with E-state index in [1.807, 2.05) is 33.8 Å². The summed E-state index contributed by atoms with van der Waals surface area (Å²) < 4.78 is 7.47. The van der Waals surface area contributed by atoms with Crippen molar-refractivity contribution >= 4 is 11.6 Å². The molecule has 2 aromatic rings. The summed E-state index contributed by atoms with van der Waals surface area (Å²) in [7, 11) is 0. The van der Waals surface area contributed by atoms with Gasteiger partial charge in [0.15, 0.2) is 0 Å². The molecule has 0 aliphatic carbocycles. The molecule has 1 amide bonds. The third-order valence-electron chi connectivity index (χ3n) is 4.35. The van der Waals surface area contributed by atoms with Crippen LogP contribution in [0, 0.1) is 0 Å². The minimum absolute atomic E-state index is 0.0611. The van der Waals surface area contributed by atoms with Crippen LogP contribution in [-0.4, -0.2) is 33.6 Å². The van der Waals surface area contributed by atoms with E-state index in [0.717, 1.165) is 36.4 Å². The Labute approximate surface area is 128 Å². The van der Waals surface area contributed by atoms with E-state index in [9.17, 15) is 4.79 Å². The fourth-order valence-electron chi connectivity index (χ4n) is 3.18. The molecular formula is C16H18N4O2. The summed E-state index contributed by atoms with van der Waals surface area (Å²) in [6, 6.07) is 8.00. The first-order valence-corrected chi connectivity index (χ1v) is 7.68. The number of amides is 1. The lowest BCUT2D eigenvalue weighted by Crippen LogP contribution is -2.33. The minimum atomic E-state index is 0.0611. The molecule has 1 fully saturated rings. The maximum atomic E-state index is 12.8. The van der Waals surface area contributed by atoms with E-state index in [2.05, 4.69) is 10.3 Å². The largest absolute Gasteiger partial charge is 0.378 e. The Morgan fingerprint density at radius 1 is 1.32 bits per heavy atom. The number of anilines is 1. The average molecular weight is 298 g/mol. The summed E-state index contributed by atoms with van der Waals surface area (Å²) in [6.45, 7) is 1.93. The number of carbonyl (C=O) groups excluding carboxylic acids is 1. The number of para-hydroxylation sites is 1. The molecule has 0 N–H and O–H groups in total. The van der Waals surface area contributed by atoms with Crippen LogP contribution >= 0.6 is 0 Å². The van der Waals surface area contributed by atoms with Gasteiger partial charge >= 0.3 is 0 Å². The van der Waals surface area contributed by atoms with Crippen LogP contribution in [-0.2, 0) is 22.6 Å². The summed E-state index contributed by atoms with van der Waals surface area (Å²) in [6.07, 6.45) is 4.26. The van der Waals surface area contributed by atoms with Crippen LogP contribution < -0.4 is 4.90 Å². The Morgan fingerprint density at radius 3 is 3.09 bits per heavy atom. The SMILES string of the molecule is O=C(CC1CCCO1)N1Cc2cnnn2Cc2ccccc21. The topological polar surface area (TPSA) is 60.2 Å². The third kappa shape index (κ3) is 2.39. The molecule has 2 aliphatic heterocycles. The van der Waals surface area contributed by atoms with E-state index in [4.69, 9.17) is 4.74 Å². The van der Waals surface area contributed by atoms with Crippen LogP contribution in [0.15, 0.2) is 30.5 Å². The highest BCUT2D eigenvalue weighted by atomic mass is 16.5. The van der Waals surface area contributed by atoms with Crippen LogP contribution in [0.4, 0.5) is 5.69 Å². The number of fused-ring (bicyclic) bond motifs is 2. The maximum absolute atomic E-state index is 12.8. The van der Waals surface area contributed by atoms with E-state index in [1.165, 1.54) is 0 Å². The minimum Gasteiger partial charge on any atom is -0.378 e. The molecule has 0 spiro atoms. The fraction of sp³-hybridized carbons (Fsp3) is 0.438. The Hall–Kier alpha value is -2.21. The van der Waals surface area contributed by atoms with Gasteiger partial charge in [-0.05, 0) is 24.5 Å². The van der Waals surface area contributed by atoms with E-state index in [1.54, 1.807) is 6.20 Å². The lowest BCUT2D eigenvalue weighted by Gasteiger charge is -2.23. The van der Waals surface area contributed by atoms with E-state index in [-0.39, 0.29) is 12.0 Å². The molecule has 114 valence electrons. The number of hydrogen-bond acceptors (Lipinski definition) is 4. The molecule has 1 aromatic heterocycles. The molecule has 3 heterocycles. The molecule has 1 aromatic carbocycles. The molecule has 1 atom stereocenters. The quantitative estimate of drug-likeness (QED) is 0.847. The Kier molecular flexibility index (Phi) is 3.38. The number of benzene rings is 1. The van der Waals surface area contributed by atoms with Gasteiger partial charge in [0.05, 0.1) is 37.5 Å². The molecule has 22 heavy (non-hydrogen) atoms. The van der Waals surface area contributed by atoms with Gasteiger partial charge in [0.1, 0.15) is 0 Å². The number of hydrogen-bond donors (Lipinski definition) is 0. The first-order valence-electron chi connectivity index (χ1n) is 7.68. The van der Waals surface area contributed by atoms with Crippen molar-refractivity contribution in [3.8, 4) is 0 Å². The predicted octanol–water partition coefficient (Wildman–Crippen LogP) is 1.74. The van der Waals surface area contributed by atoms with Gasteiger partial charge in [0.2, 0.25) is 5.91 Å². The van der Waals surface area contributed by atoms with Crippen LogP contribution in [0.2, 0.25) is 0 Å². The van der Waals surface area contributed by atoms with Gasteiger partial charge in [-0.3, -0.25) is 4.79 Å². The van der Waals surface area contributed by atoms with Crippen molar-refractivity contribution in [1.82, 2.24) is 15.0 Å². The number of carbonyl (C=O) groups is 1. The predicted molar refractivity (Wildman–Crippen MR) is 80.3 cm³/mol. The highest BCUT2D eigenvalue weighted by Gasteiger charge is 2.27. The second-order valence-corrected chi connectivity index (χ2v) is 5.83. The third-order valence-corrected chi connectivity index (χ3v) is 4.35. The van der Waals surface area contributed by atoms with Crippen molar-refractivity contribution < 1.29 is 9.53 Å². The first kappa shape index (κ1) is 13.5. The van der Waals surface area contributed by atoms with E-state index in [0.29, 0.717) is 19.5 Å². The molecule has 6 heteroatoms. The molecular weight excluding hydrogens is 280 g/mol. The first-order chi connectivity index (χ1) is 10.8. The normalized spacial score (nSPS) is 20.4. The van der Waals surface area contributed by atoms with Crippen molar-refractivity contribution in [2.75, 3.05) is 11.5 Å². The van der Waals surface area contributed by atoms with Crippen molar-refractivity contribution in [1.29, 1.82) is 0 Å². The van der Waals surface area contributed by atoms with Crippen LogP contribution in [0.3, 0.4) is 0 Å². The maximum Gasteiger partial charge on any atom is 0.229 e. The number of nitrogens with zero attached hydrogens (tertiary/aromatic N) is 4. The molecule has 6 nitrogen and oxygen atoms in total. The van der Waals surface area contributed by atoms with Gasteiger partial charge in [0.25, 0.3) is 0 Å². The van der Waals surface area contributed by atoms with E-state index < -0.39 is 0 Å². The molecule has 1 unspecified atom stereocenters. The highest BCUT2D eigenvalue weighted by molar-refractivity contribution is 5.94. The zero-order chi connectivity index (χ0) is 14.9. The summed E-state index contributed by atoms with van der Waals surface area (Å²) in [5, 5.41) is 8.08. The Balaban J connectivity index is 1.66. The number of aromatic nitrogens is 3. The summed E-state index contributed by atoms with van der Waals surface area (Å²) >= 11 is 0. The fourth-order valence-corrected chi connectivity index (χ4v) is 3.18. The number of rotatable bonds is 2. The lowest BCUT2D eigenvalue weighted by atomic mass is 10.1. The monoisotopic (exact) mass is 298 g/mol. The van der Waals surface area contributed by atoms with Gasteiger partial charge in [-0.15, -0.1) is 5.10 Å². The lowest BCUT2D eigenvalue weighted by molar-refractivity contribution is -0.120. The zero-order valence-corrected chi connectivity index (χ0v) is 12.3. The van der Waals surface area contributed by atoms with Crippen LogP contribution in [0.1, 0.15) is 30.5 Å².